The van der Waals surface area contributed by atoms with Gasteiger partial charge in [0.15, 0.2) is 0 Å². The molecule has 228 valence electrons. The molecular formula is C30H41FN6O5. The van der Waals surface area contributed by atoms with Gasteiger partial charge in [-0.25, -0.2) is 9.40 Å². The first-order valence-electron chi connectivity index (χ1n) is 14.4. The number of aromatic hydroxyl groups is 1. The molecule has 2 aromatic carbocycles. The normalized spacial score (nSPS) is 22.5. The average molecular weight is 585 g/mol. The minimum Gasteiger partial charge on any atom is -0.508 e. The Balaban J connectivity index is 1.50. The molecule has 0 radical (unpaired) electrons. The van der Waals surface area contributed by atoms with Crippen molar-refractivity contribution >= 4 is 17.7 Å². The van der Waals surface area contributed by atoms with Crippen LogP contribution in [0, 0.1) is 17.7 Å². The van der Waals surface area contributed by atoms with Crippen LogP contribution in [0.2, 0.25) is 0 Å². The van der Waals surface area contributed by atoms with Crippen LogP contribution in [0.25, 0.3) is 0 Å². The lowest BCUT2D eigenvalue weighted by atomic mass is 9.87. The Morgan fingerprint density at radius 1 is 1.07 bits per heavy atom. The third-order valence-electron chi connectivity index (χ3n) is 7.89. The van der Waals surface area contributed by atoms with Crippen LogP contribution in [0.4, 0.5) is 4.39 Å². The highest BCUT2D eigenvalue weighted by Crippen LogP contribution is 2.32. The van der Waals surface area contributed by atoms with E-state index in [2.05, 4.69) is 5.43 Å². The number of phenols is 1. The van der Waals surface area contributed by atoms with E-state index in [1.165, 1.54) is 22.0 Å². The maximum atomic E-state index is 13.7. The van der Waals surface area contributed by atoms with Crippen molar-refractivity contribution in [1.82, 2.24) is 20.2 Å². The molecule has 11 nitrogen and oxygen atoms in total. The van der Waals surface area contributed by atoms with Crippen molar-refractivity contribution in [1.29, 1.82) is 0 Å². The zero-order valence-electron chi connectivity index (χ0n) is 23.9. The summed E-state index contributed by atoms with van der Waals surface area (Å²) in [6.07, 6.45) is 0.872. The van der Waals surface area contributed by atoms with E-state index in [1.807, 2.05) is 11.8 Å². The van der Waals surface area contributed by atoms with Crippen molar-refractivity contribution in [2.45, 2.75) is 57.3 Å². The second-order valence-electron chi connectivity index (χ2n) is 11.3. The van der Waals surface area contributed by atoms with Crippen molar-refractivity contribution in [3.05, 3.63) is 65.5 Å². The van der Waals surface area contributed by atoms with Crippen LogP contribution in [0.1, 0.15) is 37.3 Å². The smallest absolute Gasteiger partial charge is 0.259 e. The molecule has 5 atom stereocenters. The van der Waals surface area contributed by atoms with E-state index in [0.29, 0.717) is 44.3 Å². The highest BCUT2D eigenvalue weighted by atomic mass is 19.1. The first kappa shape index (κ1) is 31.4. The van der Waals surface area contributed by atoms with Crippen LogP contribution in [0.15, 0.2) is 48.5 Å². The molecule has 0 spiro atoms. The molecule has 3 amide bonds. The van der Waals surface area contributed by atoms with E-state index in [1.54, 1.807) is 36.4 Å². The number of carbonyl (C=O) groups excluding carboxylic acids is 3. The minimum atomic E-state index is -1.07. The molecule has 2 heterocycles. The van der Waals surface area contributed by atoms with Gasteiger partial charge in [0.05, 0.1) is 30.7 Å². The number of aliphatic hydroxyl groups is 1. The Bertz CT molecular complexity index is 1230. The highest BCUT2D eigenvalue weighted by Gasteiger charge is 2.49. The van der Waals surface area contributed by atoms with Gasteiger partial charge < -0.3 is 26.6 Å². The van der Waals surface area contributed by atoms with Crippen LogP contribution in [0.3, 0.4) is 0 Å². The quantitative estimate of drug-likeness (QED) is 0.215. The van der Waals surface area contributed by atoms with E-state index in [0.717, 1.165) is 5.56 Å². The Morgan fingerprint density at radius 2 is 1.74 bits per heavy atom. The van der Waals surface area contributed by atoms with Crippen molar-refractivity contribution < 1.29 is 29.0 Å². The predicted molar refractivity (Wildman–Crippen MR) is 154 cm³/mol. The fraction of sp³-hybridized carbons (Fsp3) is 0.500. The third-order valence-corrected chi connectivity index (χ3v) is 7.89. The Morgan fingerprint density at radius 3 is 2.38 bits per heavy atom. The molecule has 4 rings (SSSR count). The van der Waals surface area contributed by atoms with E-state index < -0.39 is 35.7 Å². The molecule has 0 bridgehead atoms. The highest BCUT2D eigenvalue weighted by molar-refractivity contribution is 5.93. The number of carbonyl (C=O) groups is 3. The van der Waals surface area contributed by atoms with Crippen LogP contribution >= 0.6 is 0 Å². The predicted octanol–water partition coefficient (Wildman–Crippen LogP) is 0.687. The SMILES string of the molecule is CC(N)CN1CN(NC(=O)C2CN(Cc3ccc(F)cc3)C(=O)C2C(O)CCCCN)C(=O)[C@H]1Cc1ccc(O)cc1. The van der Waals surface area contributed by atoms with Gasteiger partial charge in [-0.15, -0.1) is 0 Å². The van der Waals surface area contributed by atoms with E-state index in [9.17, 15) is 29.0 Å². The summed E-state index contributed by atoms with van der Waals surface area (Å²) in [4.78, 5) is 44.1. The zero-order valence-corrected chi connectivity index (χ0v) is 23.9. The maximum Gasteiger partial charge on any atom is 0.259 e. The third kappa shape index (κ3) is 7.62. The van der Waals surface area contributed by atoms with Crippen LogP contribution < -0.4 is 16.9 Å². The summed E-state index contributed by atoms with van der Waals surface area (Å²) in [6, 6.07) is 11.5. The number of aliphatic hydroxyl groups excluding tert-OH is 1. The number of unbranched alkanes of at least 4 members (excludes halogenated alkanes) is 1. The topological polar surface area (TPSA) is 165 Å². The minimum absolute atomic E-state index is 0.0448. The fourth-order valence-corrected chi connectivity index (χ4v) is 5.75. The van der Waals surface area contributed by atoms with Gasteiger partial charge in [-0.3, -0.25) is 24.7 Å². The van der Waals surface area contributed by atoms with E-state index >= 15 is 0 Å². The number of amides is 3. The molecule has 2 aliphatic heterocycles. The van der Waals surface area contributed by atoms with Crippen molar-refractivity contribution in [3.63, 3.8) is 0 Å². The largest absolute Gasteiger partial charge is 0.508 e. The molecule has 12 heteroatoms. The van der Waals surface area contributed by atoms with Gasteiger partial charge in [0.25, 0.3) is 5.91 Å². The summed E-state index contributed by atoms with van der Waals surface area (Å²) in [5.74, 6) is -3.38. The summed E-state index contributed by atoms with van der Waals surface area (Å²) in [5.41, 5.74) is 15.9. The molecule has 42 heavy (non-hydrogen) atoms. The number of likely N-dealkylation sites (tertiary alicyclic amines) is 1. The summed E-state index contributed by atoms with van der Waals surface area (Å²) in [6.45, 7) is 3.01. The summed E-state index contributed by atoms with van der Waals surface area (Å²) >= 11 is 0. The van der Waals surface area contributed by atoms with Crippen LogP contribution in [0.5, 0.6) is 5.75 Å². The standard InChI is InChI=1S/C30H41FN6O5/c1-19(33)15-36-18-37(29(41)25(36)14-20-7-11-23(38)12-8-20)34-28(40)24-17-35(16-21-5-9-22(31)10-6-21)30(42)27(24)26(39)4-2-3-13-32/h5-12,19,24-27,38-39H,2-4,13-18,32-33H2,1H3,(H,34,40)/t19?,24?,25-,26?,27?/m1/s1. The van der Waals surface area contributed by atoms with Gasteiger partial charge in [-0.05, 0) is 74.5 Å². The van der Waals surface area contributed by atoms with Gasteiger partial charge in [0.1, 0.15) is 11.6 Å². The monoisotopic (exact) mass is 584 g/mol. The van der Waals surface area contributed by atoms with Gasteiger partial charge >= 0.3 is 0 Å². The summed E-state index contributed by atoms with van der Waals surface area (Å²) in [5, 5.41) is 21.9. The first-order valence-corrected chi connectivity index (χ1v) is 14.4. The average Bonchev–Trinajstić information content (AvgIpc) is 3.42. The Hall–Kier alpha value is -3.58. The summed E-state index contributed by atoms with van der Waals surface area (Å²) in [7, 11) is 0. The number of nitrogens with two attached hydrogens (primary N) is 2. The van der Waals surface area contributed by atoms with Gasteiger partial charge in [-0.1, -0.05) is 24.3 Å². The number of phenolic OH excluding ortho intramolecular Hbond substituents is 1. The zero-order chi connectivity index (χ0) is 30.4. The fourth-order valence-electron chi connectivity index (χ4n) is 5.75. The van der Waals surface area contributed by atoms with Gasteiger partial charge in [0, 0.05) is 25.7 Å². The second-order valence-corrected chi connectivity index (χ2v) is 11.3. The number of hydrazine groups is 1. The van der Waals surface area contributed by atoms with Crippen LogP contribution in [-0.4, -0.2) is 87.2 Å². The number of hydrogen-bond donors (Lipinski definition) is 5. The number of nitrogens with zero attached hydrogens (tertiary/aromatic N) is 3. The van der Waals surface area contributed by atoms with Crippen molar-refractivity contribution in [2.75, 3.05) is 26.3 Å². The number of halogens is 1. The first-order chi connectivity index (χ1) is 20.1. The van der Waals surface area contributed by atoms with E-state index in [4.69, 9.17) is 11.5 Å². The molecule has 0 aliphatic carbocycles. The van der Waals surface area contributed by atoms with Gasteiger partial charge in [-0.2, -0.15) is 0 Å². The molecule has 2 fully saturated rings. The molecular weight excluding hydrogens is 543 g/mol. The summed E-state index contributed by atoms with van der Waals surface area (Å²) < 4.78 is 13.4. The maximum absolute atomic E-state index is 13.7. The molecule has 4 unspecified atom stereocenters. The lowest BCUT2D eigenvalue weighted by Crippen LogP contribution is -2.49. The van der Waals surface area contributed by atoms with Crippen molar-refractivity contribution in [3.8, 4) is 5.75 Å². The lowest BCUT2D eigenvalue weighted by Gasteiger charge is -2.25. The molecule has 2 aliphatic rings. The number of nitrogens with one attached hydrogen (secondary N) is 1. The van der Waals surface area contributed by atoms with Gasteiger partial charge in [0.2, 0.25) is 11.8 Å². The Kier molecular flexibility index (Phi) is 10.5. The molecule has 0 saturated carbocycles. The molecule has 2 saturated heterocycles. The molecule has 7 N–H and O–H groups in total. The number of hydrogen-bond acceptors (Lipinski definition) is 8. The van der Waals surface area contributed by atoms with E-state index in [-0.39, 0.29) is 43.4 Å². The number of rotatable bonds is 13. The van der Waals surface area contributed by atoms with Crippen molar-refractivity contribution in [2.24, 2.45) is 23.3 Å². The second kappa shape index (κ2) is 14.1. The Labute approximate surface area is 245 Å². The van der Waals surface area contributed by atoms with Crippen LogP contribution in [-0.2, 0) is 27.3 Å². The molecule has 0 aromatic heterocycles. The lowest BCUT2D eigenvalue weighted by molar-refractivity contribution is -0.143. The number of benzene rings is 2. The molecule has 2 aromatic rings.